The van der Waals surface area contributed by atoms with Crippen LogP contribution in [0.3, 0.4) is 0 Å². The van der Waals surface area contributed by atoms with Crippen molar-refractivity contribution in [3.8, 4) is 0 Å². The third kappa shape index (κ3) is 3.04. The first-order valence-electron chi connectivity index (χ1n) is 7.60. The molecule has 146 valence electrons. The van der Waals surface area contributed by atoms with Crippen LogP contribution in [0.15, 0.2) is 40.7 Å². The molecule has 1 aromatic rings. The third-order valence-corrected chi connectivity index (χ3v) is 4.28. The lowest BCUT2D eigenvalue weighted by molar-refractivity contribution is -0.142. The number of cyclic esters (lactones) is 1. The number of rotatable bonds is 3. The maximum atomic E-state index is 14.1. The summed E-state index contributed by atoms with van der Waals surface area (Å²) in [6.07, 6.45) is -5.12. The predicted molar refractivity (Wildman–Crippen MR) is 82.4 cm³/mol. The van der Waals surface area contributed by atoms with Crippen LogP contribution < -0.4 is 5.32 Å². The molecule has 27 heavy (non-hydrogen) atoms. The van der Waals surface area contributed by atoms with E-state index in [1.165, 1.54) is 0 Å². The van der Waals surface area contributed by atoms with Crippen molar-refractivity contribution in [1.82, 2.24) is 5.32 Å². The number of benzene rings is 1. The van der Waals surface area contributed by atoms with Gasteiger partial charge in [-0.05, 0) is 11.6 Å². The van der Waals surface area contributed by atoms with E-state index < -0.39 is 53.2 Å². The SMILES string of the molecule is COC(=O)C1=C(CF)NC2=C(C(=O)OC2)[C@H]1c1cccc(F)c1C(F)(F)F.[HH]. The van der Waals surface area contributed by atoms with Crippen LogP contribution in [0.4, 0.5) is 22.0 Å². The smallest absolute Gasteiger partial charge is 0.419 e. The zero-order chi connectivity index (χ0) is 19.9. The highest BCUT2D eigenvalue weighted by Gasteiger charge is 2.47. The first kappa shape index (κ1) is 18.9. The molecule has 0 aromatic heterocycles. The molecule has 0 aliphatic carbocycles. The van der Waals surface area contributed by atoms with Gasteiger partial charge in [-0.15, -0.1) is 0 Å². The largest absolute Gasteiger partial charge is 0.466 e. The molecule has 2 aliphatic heterocycles. The average Bonchev–Trinajstić information content (AvgIpc) is 2.98. The van der Waals surface area contributed by atoms with Crippen molar-refractivity contribution >= 4 is 11.9 Å². The first-order valence-corrected chi connectivity index (χ1v) is 7.60. The number of allylic oxidation sites excluding steroid dienone is 1. The maximum Gasteiger partial charge on any atom is 0.419 e. The molecule has 0 amide bonds. The van der Waals surface area contributed by atoms with Crippen molar-refractivity contribution in [2.24, 2.45) is 0 Å². The van der Waals surface area contributed by atoms with Gasteiger partial charge in [-0.3, -0.25) is 0 Å². The van der Waals surface area contributed by atoms with Crippen LogP contribution in [0.5, 0.6) is 0 Å². The van der Waals surface area contributed by atoms with Gasteiger partial charge in [0.25, 0.3) is 0 Å². The summed E-state index contributed by atoms with van der Waals surface area (Å²) in [5.41, 5.74) is -3.58. The van der Waals surface area contributed by atoms with E-state index >= 15 is 0 Å². The van der Waals surface area contributed by atoms with Gasteiger partial charge in [-0.1, -0.05) is 12.1 Å². The van der Waals surface area contributed by atoms with Gasteiger partial charge in [0, 0.05) is 1.43 Å². The highest BCUT2D eigenvalue weighted by Crippen LogP contribution is 2.46. The summed E-state index contributed by atoms with van der Waals surface area (Å²) in [5, 5.41) is 2.50. The van der Waals surface area contributed by atoms with Crippen LogP contribution in [0.2, 0.25) is 0 Å². The molecule has 0 saturated carbocycles. The lowest BCUT2D eigenvalue weighted by Crippen LogP contribution is -2.33. The Hall–Kier alpha value is -2.91. The molecule has 0 bridgehead atoms. The number of alkyl halides is 4. The molecular formula is C17H14F5NO4. The van der Waals surface area contributed by atoms with E-state index in [0.717, 1.165) is 19.2 Å². The lowest BCUT2D eigenvalue weighted by Gasteiger charge is -2.29. The quantitative estimate of drug-likeness (QED) is 0.634. The number of nitrogens with one attached hydrogen (secondary N) is 1. The molecule has 10 heteroatoms. The van der Waals surface area contributed by atoms with Crippen molar-refractivity contribution in [1.29, 1.82) is 0 Å². The van der Waals surface area contributed by atoms with Crippen molar-refractivity contribution in [2.45, 2.75) is 12.1 Å². The van der Waals surface area contributed by atoms with E-state index in [9.17, 15) is 31.5 Å². The fraction of sp³-hybridized carbons (Fsp3) is 0.294. The Morgan fingerprint density at radius 3 is 2.70 bits per heavy atom. The van der Waals surface area contributed by atoms with Crippen molar-refractivity contribution in [3.05, 3.63) is 57.7 Å². The predicted octanol–water partition coefficient (Wildman–Crippen LogP) is 2.98. The van der Waals surface area contributed by atoms with Gasteiger partial charge < -0.3 is 14.8 Å². The minimum atomic E-state index is -5.12. The lowest BCUT2D eigenvalue weighted by atomic mass is 9.78. The molecule has 0 saturated heterocycles. The van der Waals surface area contributed by atoms with Gasteiger partial charge in [0.2, 0.25) is 0 Å². The second-order valence-electron chi connectivity index (χ2n) is 5.75. The zero-order valence-corrected chi connectivity index (χ0v) is 13.7. The molecule has 0 spiro atoms. The van der Waals surface area contributed by atoms with Gasteiger partial charge in [-0.2, -0.15) is 13.2 Å². The van der Waals surface area contributed by atoms with E-state index in [1.54, 1.807) is 0 Å². The van der Waals surface area contributed by atoms with Crippen LogP contribution >= 0.6 is 0 Å². The number of ether oxygens (including phenoxy) is 2. The second-order valence-corrected chi connectivity index (χ2v) is 5.75. The van der Waals surface area contributed by atoms with Crippen molar-refractivity contribution in [3.63, 3.8) is 0 Å². The molecule has 5 nitrogen and oxygen atoms in total. The summed E-state index contributed by atoms with van der Waals surface area (Å²) >= 11 is 0. The number of methoxy groups -OCH3 is 1. The second kappa shape index (κ2) is 6.67. The van der Waals surface area contributed by atoms with Crippen LogP contribution in [0, 0.1) is 5.82 Å². The molecule has 0 unspecified atom stereocenters. The standard InChI is InChI=1S/C17H12F5NO4.H2/c1-26-15(24)12-9(5-18)23-10-6-27-16(25)13(10)11(12)7-3-2-4-8(19)14(7)17(20,21)22;/h2-4,11,23H,5-6H2,1H3;1H/t11-;/m0./s1. The Labute approximate surface area is 150 Å². The summed E-state index contributed by atoms with van der Waals surface area (Å²) in [5.74, 6) is -5.41. The van der Waals surface area contributed by atoms with E-state index in [1.807, 2.05) is 0 Å². The summed E-state index contributed by atoms with van der Waals surface area (Å²) in [4.78, 5) is 24.4. The minimum Gasteiger partial charge on any atom is -0.466 e. The van der Waals surface area contributed by atoms with Gasteiger partial charge in [0.1, 0.15) is 19.1 Å². The normalized spacial score (nSPS) is 19.6. The van der Waals surface area contributed by atoms with Crippen molar-refractivity contribution < 1.29 is 42.4 Å². The molecule has 1 atom stereocenters. The van der Waals surface area contributed by atoms with Crippen LogP contribution in [0.25, 0.3) is 0 Å². The third-order valence-electron chi connectivity index (χ3n) is 4.28. The average molecular weight is 391 g/mol. The van der Waals surface area contributed by atoms with Crippen LogP contribution in [-0.2, 0) is 25.2 Å². The van der Waals surface area contributed by atoms with Gasteiger partial charge in [0.15, 0.2) is 0 Å². The summed E-state index contributed by atoms with van der Waals surface area (Å²) in [7, 11) is 0.954. The monoisotopic (exact) mass is 391 g/mol. The van der Waals surface area contributed by atoms with Crippen LogP contribution in [-0.4, -0.2) is 32.3 Å². The van der Waals surface area contributed by atoms with E-state index in [-0.39, 0.29) is 25.0 Å². The Morgan fingerprint density at radius 1 is 1.41 bits per heavy atom. The number of dihydropyridines is 1. The topological polar surface area (TPSA) is 64.6 Å². The summed E-state index contributed by atoms with van der Waals surface area (Å²) < 4.78 is 77.4. The van der Waals surface area contributed by atoms with Crippen LogP contribution in [0.1, 0.15) is 18.5 Å². The molecule has 1 aromatic carbocycles. The fourth-order valence-electron chi connectivity index (χ4n) is 3.23. The molecule has 2 heterocycles. The molecule has 0 radical (unpaired) electrons. The number of esters is 2. The van der Waals surface area contributed by atoms with E-state index in [4.69, 9.17) is 4.74 Å². The van der Waals surface area contributed by atoms with E-state index in [2.05, 4.69) is 10.1 Å². The Bertz CT molecular complexity index is 894. The number of halogens is 5. The molecule has 0 fully saturated rings. The number of carbonyl (C=O) groups excluding carboxylic acids is 2. The fourth-order valence-corrected chi connectivity index (χ4v) is 3.23. The highest BCUT2D eigenvalue weighted by atomic mass is 19.4. The van der Waals surface area contributed by atoms with Gasteiger partial charge in [0.05, 0.1) is 41.1 Å². The Balaban J connectivity index is 0.00000280. The van der Waals surface area contributed by atoms with Gasteiger partial charge in [-0.25, -0.2) is 18.4 Å². The molecule has 2 aliphatic rings. The Morgan fingerprint density at radius 2 is 2.11 bits per heavy atom. The zero-order valence-electron chi connectivity index (χ0n) is 13.7. The van der Waals surface area contributed by atoms with E-state index in [0.29, 0.717) is 6.07 Å². The number of hydrogen-bond donors (Lipinski definition) is 1. The van der Waals surface area contributed by atoms with Crippen molar-refractivity contribution in [2.75, 3.05) is 20.4 Å². The van der Waals surface area contributed by atoms with Gasteiger partial charge >= 0.3 is 18.1 Å². The molecule has 3 rings (SSSR count). The summed E-state index contributed by atoms with van der Waals surface area (Å²) in [6.45, 7) is -1.58. The summed E-state index contributed by atoms with van der Waals surface area (Å²) in [6, 6.07) is 2.54. The minimum absolute atomic E-state index is 0. The number of hydrogen-bond acceptors (Lipinski definition) is 5. The maximum absolute atomic E-state index is 14.1. The highest BCUT2D eigenvalue weighted by molar-refractivity contribution is 6.01. The number of carbonyl (C=O) groups is 2. The first-order chi connectivity index (χ1) is 12.7. The molecule has 1 N–H and O–H groups in total. The molecular weight excluding hydrogens is 377 g/mol. The Kier molecular flexibility index (Phi) is 4.66.